The van der Waals surface area contributed by atoms with Crippen LogP contribution in [0.3, 0.4) is 0 Å². The van der Waals surface area contributed by atoms with Crippen molar-refractivity contribution >= 4 is 22.3 Å². The molecule has 0 saturated carbocycles. The van der Waals surface area contributed by atoms with E-state index in [0.29, 0.717) is 11.7 Å². The van der Waals surface area contributed by atoms with Crippen LogP contribution in [0.25, 0.3) is 11.5 Å². The van der Waals surface area contributed by atoms with Crippen LogP contribution < -0.4 is 9.80 Å². The smallest absolute Gasteiger partial charge is 0.258 e. The highest BCUT2D eigenvalue weighted by atomic mass is 32.1. The van der Waals surface area contributed by atoms with Crippen molar-refractivity contribution in [3.63, 3.8) is 0 Å². The highest BCUT2D eigenvalue weighted by Gasteiger charge is 2.21. The minimum Gasteiger partial charge on any atom is -0.353 e. The highest BCUT2D eigenvalue weighted by Crippen LogP contribution is 2.27. The molecule has 3 aromatic rings. The summed E-state index contributed by atoms with van der Waals surface area (Å²) in [7, 11) is 0. The molecule has 130 valence electrons. The first-order chi connectivity index (χ1) is 12.1. The monoisotopic (exact) mass is 356 g/mol. The molecule has 25 heavy (non-hydrogen) atoms. The molecular weight excluding hydrogens is 336 g/mol. The Morgan fingerprint density at radius 2 is 1.80 bits per heavy atom. The summed E-state index contributed by atoms with van der Waals surface area (Å²) in [6.45, 7) is 9.72. The zero-order valence-corrected chi connectivity index (χ0v) is 15.4. The van der Waals surface area contributed by atoms with E-state index in [-0.39, 0.29) is 0 Å². The number of piperazine rings is 1. The SMILES string of the molecule is Cc1noc(-c2ccnc(N3CCN(c4nc(C)c(C)s4)CC3)c2)n1. The van der Waals surface area contributed by atoms with Gasteiger partial charge < -0.3 is 14.3 Å². The normalized spacial score (nSPS) is 15.0. The van der Waals surface area contributed by atoms with Gasteiger partial charge >= 0.3 is 0 Å². The molecule has 0 aliphatic carbocycles. The molecule has 0 radical (unpaired) electrons. The van der Waals surface area contributed by atoms with Crippen LogP contribution in [-0.2, 0) is 0 Å². The van der Waals surface area contributed by atoms with Crippen LogP contribution in [0.2, 0.25) is 0 Å². The molecule has 0 aromatic carbocycles. The van der Waals surface area contributed by atoms with E-state index < -0.39 is 0 Å². The van der Waals surface area contributed by atoms with Crippen molar-refractivity contribution in [2.75, 3.05) is 36.0 Å². The van der Waals surface area contributed by atoms with Gasteiger partial charge in [-0.05, 0) is 32.9 Å². The van der Waals surface area contributed by atoms with E-state index in [1.165, 1.54) is 4.88 Å². The second-order valence-electron chi connectivity index (χ2n) is 6.16. The Morgan fingerprint density at radius 3 is 2.44 bits per heavy atom. The lowest BCUT2D eigenvalue weighted by Crippen LogP contribution is -2.46. The third-order valence-electron chi connectivity index (χ3n) is 4.41. The van der Waals surface area contributed by atoms with Gasteiger partial charge in [0.2, 0.25) is 0 Å². The maximum Gasteiger partial charge on any atom is 0.258 e. The van der Waals surface area contributed by atoms with E-state index in [1.807, 2.05) is 19.1 Å². The first-order valence-electron chi connectivity index (χ1n) is 8.31. The van der Waals surface area contributed by atoms with Gasteiger partial charge in [0.25, 0.3) is 5.89 Å². The van der Waals surface area contributed by atoms with Crippen LogP contribution in [0.1, 0.15) is 16.4 Å². The zero-order valence-electron chi connectivity index (χ0n) is 14.6. The van der Waals surface area contributed by atoms with Crippen molar-refractivity contribution < 1.29 is 4.52 Å². The molecule has 7 nitrogen and oxygen atoms in total. The lowest BCUT2D eigenvalue weighted by Gasteiger charge is -2.35. The van der Waals surface area contributed by atoms with Gasteiger partial charge in [0.1, 0.15) is 5.82 Å². The fourth-order valence-corrected chi connectivity index (χ4v) is 3.82. The summed E-state index contributed by atoms with van der Waals surface area (Å²) in [4.78, 5) is 19.4. The molecule has 0 bridgehead atoms. The average molecular weight is 356 g/mol. The first-order valence-corrected chi connectivity index (χ1v) is 9.12. The second kappa shape index (κ2) is 6.44. The van der Waals surface area contributed by atoms with Crippen LogP contribution in [-0.4, -0.2) is 46.3 Å². The van der Waals surface area contributed by atoms with Crippen LogP contribution in [0, 0.1) is 20.8 Å². The first kappa shape index (κ1) is 16.0. The Morgan fingerprint density at radius 1 is 1.04 bits per heavy atom. The van der Waals surface area contributed by atoms with Crippen molar-refractivity contribution in [1.29, 1.82) is 0 Å². The fraction of sp³-hybridized carbons (Fsp3) is 0.412. The molecule has 1 fully saturated rings. The highest BCUT2D eigenvalue weighted by molar-refractivity contribution is 7.15. The lowest BCUT2D eigenvalue weighted by molar-refractivity contribution is 0.425. The summed E-state index contributed by atoms with van der Waals surface area (Å²) in [5.41, 5.74) is 2.03. The van der Waals surface area contributed by atoms with Gasteiger partial charge in [-0.15, -0.1) is 11.3 Å². The number of rotatable bonds is 3. The number of aromatic nitrogens is 4. The Bertz CT molecular complexity index is 861. The van der Waals surface area contributed by atoms with Gasteiger partial charge in [-0.2, -0.15) is 4.98 Å². The maximum absolute atomic E-state index is 5.26. The van der Waals surface area contributed by atoms with E-state index >= 15 is 0 Å². The second-order valence-corrected chi connectivity index (χ2v) is 7.34. The van der Waals surface area contributed by atoms with Crippen molar-refractivity contribution in [2.45, 2.75) is 20.8 Å². The fourth-order valence-electron chi connectivity index (χ4n) is 2.86. The Balaban J connectivity index is 1.47. The van der Waals surface area contributed by atoms with Gasteiger partial charge in [0, 0.05) is 42.8 Å². The topological polar surface area (TPSA) is 71.2 Å². The molecule has 1 aliphatic heterocycles. The van der Waals surface area contributed by atoms with Crippen molar-refractivity contribution in [1.82, 2.24) is 20.1 Å². The largest absolute Gasteiger partial charge is 0.353 e. The Hall–Kier alpha value is -2.48. The molecule has 0 atom stereocenters. The number of anilines is 2. The Kier molecular flexibility index (Phi) is 4.12. The van der Waals surface area contributed by atoms with Gasteiger partial charge in [-0.25, -0.2) is 9.97 Å². The molecule has 3 aromatic heterocycles. The predicted molar refractivity (Wildman–Crippen MR) is 98.3 cm³/mol. The van der Waals surface area contributed by atoms with Crippen LogP contribution in [0.5, 0.6) is 0 Å². The van der Waals surface area contributed by atoms with E-state index in [9.17, 15) is 0 Å². The van der Waals surface area contributed by atoms with Crippen LogP contribution in [0.15, 0.2) is 22.9 Å². The molecule has 1 aliphatic rings. The summed E-state index contributed by atoms with van der Waals surface area (Å²) in [5, 5.41) is 4.98. The molecule has 0 spiro atoms. The number of nitrogens with zero attached hydrogens (tertiary/aromatic N) is 6. The van der Waals surface area contributed by atoms with Gasteiger partial charge in [0.15, 0.2) is 11.0 Å². The Labute approximate surface area is 150 Å². The average Bonchev–Trinajstić information content (AvgIpc) is 3.21. The number of pyridine rings is 1. The molecule has 0 unspecified atom stereocenters. The predicted octanol–water partition coefficient (Wildman–Crippen LogP) is 2.84. The summed E-state index contributed by atoms with van der Waals surface area (Å²) in [5.74, 6) is 2.11. The zero-order chi connectivity index (χ0) is 17.4. The molecule has 8 heteroatoms. The minimum absolute atomic E-state index is 0.536. The van der Waals surface area contributed by atoms with Crippen molar-refractivity contribution in [2.24, 2.45) is 0 Å². The maximum atomic E-state index is 5.26. The molecular formula is C17H20N6OS. The summed E-state index contributed by atoms with van der Waals surface area (Å²) in [6, 6.07) is 3.91. The van der Waals surface area contributed by atoms with E-state index in [4.69, 9.17) is 4.52 Å². The van der Waals surface area contributed by atoms with Crippen molar-refractivity contribution in [3.05, 3.63) is 34.7 Å². The van der Waals surface area contributed by atoms with E-state index in [1.54, 1.807) is 17.5 Å². The van der Waals surface area contributed by atoms with E-state index in [2.05, 4.69) is 43.8 Å². The third-order valence-corrected chi connectivity index (χ3v) is 5.55. The van der Waals surface area contributed by atoms with Gasteiger partial charge in [0.05, 0.1) is 5.69 Å². The number of hydrogen-bond acceptors (Lipinski definition) is 8. The van der Waals surface area contributed by atoms with Gasteiger partial charge in [-0.3, -0.25) is 0 Å². The molecule has 4 heterocycles. The number of aryl methyl sites for hydroxylation is 3. The van der Waals surface area contributed by atoms with Crippen LogP contribution >= 0.6 is 11.3 Å². The third kappa shape index (κ3) is 3.21. The summed E-state index contributed by atoms with van der Waals surface area (Å²) >= 11 is 1.77. The quantitative estimate of drug-likeness (QED) is 0.714. The molecule has 0 N–H and O–H groups in total. The molecule has 0 amide bonds. The van der Waals surface area contributed by atoms with E-state index in [0.717, 1.165) is 48.4 Å². The van der Waals surface area contributed by atoms with Crippen LogP contribution in [0.4, 0.5) is 10.9 Å². The standard InChI is InChI=1S/C17H20N6OS/c1-11-12(2)25-17(19-11)23-8-6-22(7-9-23)15-10-14(4-5-18-15)16-20-13(3)21-24-16/h4-5,10H,6-9H2,1-3H3. The lowest BCUT2D eigenvalue weighted by atomic mass is 10.2. The summed E-state index contributed by atoms with van der Waals surface area (Å²) < 4.78 is 5.26. The number of thiazole rings is 1. The van der Waals surface area contributed by atoms with Gasteiger partial charge in [-0.1, -0.05) is 5.16 Å². The summed E-state index contributed by atoms with van der Waals surface area (Å²) in [6.07, 6.45) is 1.80. The number of hydrogen-bond donors (Lipinski definition) is 0. The molecule has 1 saturated heterocycles. The molecule has 4 rings (SSSR count). The van der Waals surface area contributed by atoms with Crippen molar-refractivity contribution in [3.8, 4) is 11.5 Å². The minimum atomic E-state index is 0.536.